The molecule has 0 radical (unpaired) electrons. The average molecular weight is 590 g/mol. The van der Waals surface area contributed by atoms with Crippen molar-refractivity contribution in [2.75, 3.05) is 10.3 Å². The van der Waals surface area contributed by atoms with E-state index < -0.39 is 17.5 Å². The number of benzene rings is 3. The summed E-state index contributed by atoms with van der Waals surface area (Å²) in [5.74, 6) is 5.92. The number of aromatic nitrogens is 3. The van der Waals surface area contributed by atoms with E-state index in [4.69, 9.17) is 39.3 Å². The number of halogens is 2. The lowest BCUT2D eigenvalue weighted by atomic mass is 10.0. The highest BCUT2D eigenvalue weighted by Crippen LogP contribution is 2.31. The van der Waals surface area contributed by atoms with Crippen molar-refractivity contribution >= 4 is 51.6 Å². The van der Waals surface area contributed by atoms with Gasteiger partial charge in [0.2, 0.25) is 5.91 Å². The molecule has 1 unspecified atom stereocenters. The van der Waals surface area contributed by atoms with Gasteiger partial charge in [-0.05, 0) is 48.4 Å². The van der Waals surface area contributed by atoms with Gasteiger partial charge in [-0.2, -0.15) is 0 Å². The third kappa shape index (κ3) is 6.25. The summed E-state index contributed by atoms with van der Waals surface area (Å²) in [7, 11) is 0. The molecule has 5 N–H and O–H groups in total. The van der Waals surface area contributed by atoms with Crippen LogP contribution in [0.5, 0.6) is 0 Å². The Balaban J connectivity index is 1.53. The molecular formula is C29H25Cl2N7O3. The summed E-state index contributed by atoms with van der Waals surface area (Å²) in [5.41, 5.74) is 8.70. The first-order valence-corrected chi connectivity index (χ1v) is 13.2. The van der Waals surface area contributed by atoms with E-state index in [1.807, 2.05) is 55.5 Å². The third-order valence-electron chi connectivity index (χ3n) is 6.39. The van der Waals surface area contributed by atoms with Crippen LogP contribution in [-0.4, -0.2) is 20.6 Å². The minimum Gasteiger partial charge on any atom is -0.388 e. The van der Waals surface area contributed by atoms with Gasteiger partial charge in [-0.3, -0.25) is 19.2 Å². The van der Waals surface area contributed by atoms with E-state index in [0.717, 1.165) is 11.1 Å². The van der Waals surface area contributed by atoms with Gasteiger partial charge in [0, 0.05) is 23.1 Å². The number of nitrogens with two attached hydrogens (primary N) is 2. The lowest BCUT2D eigenvalue weighted by Gasteiger charge is -2.20. The number of fused-ring (bicyclic) bond motifs is 1. The van der Waals surface area contributed by atoms with Crippen LogP contribution in [0.2, 0.25) is 5.02 Å². The Hall–Kier alpha value is -4.64. The van der Waals surface area contributed by atoms with Crippen LogP contribution in [-0.2, 0) is 11.2 Å². The molecule has 0 bridgehead atoms. The molecule has 0 aliphatic carbocycles. The molecule has 12 heteroatoms. The quantitative estimate of drug-likeness (QED) is 0.128. The lowest BCUT2D eigenvalue weighted by Crippen LogP contribution is -2.35. The zero-order valence-corrected chi connectivity index (χ0v) is 23.3. The molecule has 1 atom stereocenters. The van der Waals surface area contributed by atoms with E-state index in [1.54, 1.807) is 18.2 Å². The highest BCUT2D eigenvalue weighted by molar-refractivity contribution is 6.31. The van der Waals surface area contributed by atoms with Crippen molar-refractivity contribution in [1.82, 2.24) is 14.7 Å². The van der Waals surface area contributed by atoms with Gasteiger partial charge in [-0.1, -0.05) is 64.8 Å². The normalized spacial score (nSPS) is 12.3. The number of hydrazine groups is 1. The average Bonchev–Trinajstić information content (AvgIpc) is 3.33. The molecule has 0 saturated carbocycles. The summed E-state index contributed by atoms with van der Waals surface area (Å²) in [6, 6.07) is 20.2. The van der Waals surface area contributed by atoms with Crippen molar-refractivity contribution < 1.29 is 9.32 Å². The number of rotatable bonds is 8. The molecule has 208 valence electrons. The fraction of sp³-hybridized carbons (Fsp3) is 0.103. The van der Waals surface area contributed by atoms with Gasteiger partial charge in [0.15, 0.2) is 11.4 Å². The van der Waals surface area contributed by atoms with E-state index in [2.05, 4.69) is 15.5 Å². The number of amides is 1. The summed E-state index contributed by atoms with van der Waals surface area (Å²) in [6.45, 7) is 1.93. The fourth-order valence-corrected chi connectivity index (χ4v) is 4.70. The molecule has 0 saturated heterocycles. The summed E-state index contributed by atoms with van der Waals surface area (Å²) < 4.78 is 6.67. The predicted octanol–water partition coefficient (Wildman–Crippen LogP) is 5.11. The van der Waals surface area contributed by atoms with Crippen molar-refractivity contribution in [3.63, 3.8) is 0 Å². The molecule has 0 aliphatic rings. The van der Waals surface area contributed by atoms with Gasteiger partial charge in [-0.15, -0.1) is 0 Å². The van der Waals surface area contributed by atoms with Gasteiger partial charge in [0.25, 0.3) is 5.56 Å². The van der Waals surface area contributed by atoms with Crippen LogP contribution in [0.25, 0.3) is 22.2 Å². The number of hydrogen-bond donors (Lipinski definition) is 3. The SMILES string of the molecule is Cc1ccc2c(NC(=O)C(Cc3ccccc3)n3cnc(-c4cc(Cl)ccc4N(N)/C=C(\N)Cl)cc3=O)noc2c1. The number of nitrogens with one attached hydrogen (secondary N) is 1. The maximum absolute atomic E-state index is 13.7. The highest BCUT2D eigenvalue weighted by Gasteiger charge is 2.25. The molecule has 0 spiro atoms. The Morgan fingerprint density at radius 3 is 2.66 bits per heavy atom. The Bertz CT molecular complexity index is 1810. The molecule has 2 heterocycles. The number of carbonyl (C=O) groups is 1. The third-order valence-corrected chi connectivity index (χ3v) is 6.72. The van der Waals surface area contributed by atoms with Crippen molar-refractivity contribution in [3.8, 4) is 11.3 Å². The topological polar surface area (TPSA) is 145 Å². The second-order valence-corrected chi connectivity index (χ2v) is 10.2. The van der Waals surface area contributed by atoms with Gasteiger partial charge in [-0.25, -0.2) is 10.8 Å². The molecule has 0 aliphatic heterocycles. The highest BCUT2D eigenvalue weighted by atomic mass is 35.5. The smallest absolute Gasteiger partial charge is 0.254 e. The van der Waals surface area contributed by atoms with Crippen molar-refractivity contribution in [2.45, 2.75) is 19.4 Å². The van der Waals surface area contributed by atoms with Gasteiger partial charge in [0.05, 0.1) is 29.3 Å². The van der Waals surface area contributed by atoms with Crippen LogP contribution in [0.3, 0.4) is 0 Å². The second-order valence-electron chi connectivity index (χ2n) is 9.33. The Morgan fingerprint density at radius 2 is 1.93 bits per heavy atom. The molecule has 2 aromatic heterocycles. The molecule has 10 nitrogen and oxygen atoms in total. The maximum atomic E-state index is 13.7. The molecular weight excluding hydrogens is 565 g/mol. The van der Waals surface area contributed by atoms with E-state index in [9.17, 15) is 9.59 Å². The first-order chi connectivity index (χ1) is 19.7. The fourth-order valence-electron chi connectivity index (χ4n) is 4.42. The zero-order valence-electron chi connectivity index (χ0n) is 21.8. The van der Waals surface area contributed by atoms with E-state index in [1.165, 1.54) is 28.2 Å². The summed E-state index contributed by atoms with van der Waals surface area (Å²) in [5, 5.41) is 9.07. The number of nitrogens with zero attached hydrogens (tertiary/aromatic N) is 4. The number of anilines is 2. The van der Waals surface area contributed by atoms with Crippen LogP contribution in [0.1, 0.15) is 17.2 Å². The van der Waals surface area contributed by atoms with Crippen LogP contribution in [0.15, 0.2) is 99.8 Å². The van der Waals surface area contributed by atoms with E-state index >= 15 is 0 Å². The summed E-state index contributed by atoms with van der Waals surface area (Å²) >= 11 is 12.0. The van der Waals surface area contributed by atoms with Crippen molar-refractivity contribution in [2.24, 2.45) is 11.6 Å². The van der Waals surface area contributed by atoms with Crippen molar-refractivity contribution in [1.29, 1.82) is 0 Å². The van der Waals surface area contributed by atoms with E-state index in [0.29, 0.717) is 27.2 Å². The minimum absolute atomic E-state index is 0.0402. The van der Waals surface area contributed by atoms with Gasteiger partial charge >= 0.3 is 0 Å². The zero-order chi connectivity index (χ0) is 29.1. The number of hydrogen-bond acceptors (Lipinski definition) is 8. The second kappa shape index (κ2) is 11.8. The lowest BCUT2D eigenvalue weighted by molar-refractivity contribution is -0.119. The Kier molecular flexibility index (Phi) is 8.06. The maximum Gasteiger partial charge on any atom is 0.254 e. The molecule has 1 amide bonds. The number of carbonyl (C=O) groups excluding carboxylic acids is 1. The van der Waals surface area contributed by atoms with Crippen LogP contribution < -0.4 is 27.5 Å². The molecule has 0 fully saturated rings. The molecule has 5 aromatic rings. The largest absolute Gasteiger partial charge is 0.388 e. The van der Waals surface area contributed by atoms with E-state index in [-0.39, 0.29) is 23.1 Å². The first-order valence-electron chi connectivity index (χ1n) is 12.5. The Morgan fingerprint density at radius 1 is 1.15 bits per heavy atom. The standard InChI is InChI=1S/C29H25Cl2N7O3/c1-17-7-9-20-25(11-17)41-36-28(20)35-29(40)24(12-18-5-3-2-4-6-18)37-16-34-22(14-27(37)39)21-13-19(30)8-10-23(21)38(33)15-26(31)32/h2-11,13-16,24H,12,32-33H2,1H3,(H,35,36,40)/b26-15-. The predicted molar refractivity (Wildman–Crippen MR) is 160 cm³/mol. The van der Waals surface area contributed by atoms with Crippen molar-refractivity contribution in [3.05, 3.63) is 117 Å². The Labute approximate surface area is 244 Å². The molecule has 3 aromatic carbocycles. The van der Waals surface area contributed by atoms with Crippen LogP contribution in [0.4, 0.5) is 11.5 Å². The molecule has 41 heavy (non-hydrogen) atoms. The summed E-state index contributed by atoms with van der Waals surface area (Å²) in [4.78, 5) is 31.7. The summed E-state index contributed by atoms with van der Waals surface area (Å²) in [6.07, 6.45) is 2.86. The first kappa shape index (κ1) is 27.9. The minimum atomic E-state index is -0.951. The van der Waals surface area contributed by atoms with Crippen LogP contribution >= 0.6 is 23.2 Å². The van der Waals surface area contributed by atoms with Gasteiger partial charge in [0.1, 0.15) is 11.2 Å². The number of aryl methyl sites for hydroxylation is 1. The van der Waals surface area contributed by atoms with Crippen LogP contribution in [0, 0.1) is 6.92 Å². The molecule has 5 rings (SSSR count). The van der Waals surface area contributed by atoms with Gasteiger partial charge < -0.3 is 15.6 Å². The monoisotopic (exact) mass is 589 g/mol.